The second kappa shape index (κ2) is 4.43. The minimum absolute atomic E-state index is 0.161. The highest BCUT2D eigenvalue weighted by atomic mass is 16.5. The summed E-state index contributed by atoms with van der Waals surface area (Å²) in [7, 11) is 1.65. The molecule has 0 atom stereocenters. The molecule has 1 aliphatic heterocycles. The van der Waals surface area contributed by atoms with Gasteiger partial charge in [0.15, 0.2) is 5.78 Å². The van der Waals surface area contributed by atoms with E-state index in [1.54, 1.807) is 7.11 Å². The van der Waals surface area contributed by atoms with Crippen molar-refractivity contribution in [3.8, 4) is 5.75 Å². The fraction of sp³-hybridized carbons (Fsp3) is 0.188. The highest BCUT2D eigenvalue weighted by Gasteiger charge is 2.20. The number of aromatic nitrogens is 1. The van der Waals surface area contributed by atoms with Gasteiger partial charge >= 0.3 is 0 Å². The van der Waals surface area contributed by atoms with Gasteiger partial charge < -0.3 is 9.30 Å². The van der Waals surface area contributed by atoms with Gasteiger partial charge in [0.1, 0.15) is 5.75 Å². The number of carbonyl (C=O) groups is 1. The van der Waals surface area contributed by atoms with E-state index in [4.69, 9.17) is 4.74 Å². The normalized spacial score (nSPS) is 14.0. The van der Waals surface area contributed by atoms with E-state index in [9.17, 15) is 4.79 Å². The van der Waals surface area contributed by atoms with Crippen molar-refractivity contribution in [3.63, 3.8) is 0 Å². The van der Waals surface area contributed by atoms with Gasteiger partial charge in [0.05, 0.1) is 12.8 Å². The summed E-state index contributed by atoms with van der Waals surface area (Å²) in [5.41, 5.74) is 3.92. The number of aryl methyl sites for hydroxylation is 1. The summed E-state index contributed by atoms with van der Waals surface area (Å²) in [6.45, 7) is 2.00. The Bertz CT molecular complexity index is 680. The zero-order valence-electron chi connectivity index (χ0n) is 11.0. The second-order valence-electron chi connectivity index (χ2n) is 4.80. The Labute approximate surface area is 112 Å². The zero-order chi connectivity index (χ0) is 13.4. The minimum atomic E-state index is 0.161. The molecule has 1 aromatic heterocycles. The van der Waals surface area contributed by atoms with Crippen molar-refractivity contribution in [2.45, 2.75) is 13.3 Å². The van der Waals surface area contributed by atoms with Crippen LogP contribution in [0.2, 0.25) is 0 Å². The van der Waals surface area contributed by atoms with Crippen molar-refractivity contribution in [2.24, 2.45) is 0 Å². The molecule has 0 saturated carbocycles. The van der Waals surface area contributed by atoms with E-state index < -0.39 is 0 Å². The molecule has 0 spiro atoms. The van der Waals surface area contributed by atoms with Gasteiger partial charge in [0.2, 0.25) is 0 Å². The third kappa shape index (κ3) is 2.08. The smallest absolute Gasteiger partial charge is 0.183 e. The van der Waals surface area contributed by atoms with Crippen LogP contribution in [0.1, 0.15) is 28.0 Å². The zero-order valence-corrected chi connectivity index (χ0v) is 11.0. The van der Waals surface area contributed by atoms with Gasteiger partial charge in [-0.1, -0.05) is 12.1 Å². The van der Waals surface area contributed by atoms with Crippen LogP contribution in [0.25, 0.3) is 11.8 Å². The molecule has 0 aliphatic carbocycles. The van der Waals surface area contributed by atoms with Gasteiger partial charge in [-0.2, -0.15) is 0 Å². The Morgan fingerprint density at radius 3 is 2.89 bits per heavy atom. The summed E-state index contributed by atoms with van der Waals surface area (Å²) in [5, 5.41) is 0. The van der Waals surface area contributed by atoms with E-state index in [1.165, 1.54) is 0 Å². The molecule has 3 nitrogen and oxygen atoms in total. The van der Waals surface area contributed by atoms with Gasteiger partial charge in [-0.25, -0.2) is 0 Å². The first-order valence-electron chi connectivity index (χ1n) is 6.24. The Hall–Kier alpha value is -2.29. The molecule has 3 heteroatoms. The summed E-state index contributed by atoms with van der Waals surface area (Å²) >= 11 is 0. The summed E-state index contributed by atoms with van der Waals surface area (Å²) in [4.78, 5) is 12.1. The summed E-state index contributed by atoms with van der Waals surface area (Å²) in [6.07, 6.45) is 4.45. The quantitative estimate of drug-likeness (QED) is 0.821. The Morgan fingerprint density at radius 2 is 2.11 bits per heavy atom. The second-order valence-corrected chi connectivity index (χ2v) is 4.80. The highest BCUT2D eigenvalue weighted by Crippen LogP contribution is 2.29. The minimum Gasteiger partial charge on any atom is -0.497 e. The molecule has 0 fully saturated rings. The van der Waals surface area contributed by atoms with Crippen molar-refractivity contribution in [2.75, 3.05) is 7.11 Å². The largest absolute Gasteiger partial charge is 0.497 e. The van der Waals surface area contributed by atoms with Crippen LogP contribution in [0.5, 0.6) is 5.75 Å². The lowest BCUT2D eigenvalue weighted by Gasteiger charge is -2.15. The lowest BCUT2D eigenvalue weighted by atomic mass is 9.98. The maximum absolute atomic E-state index is 12.1. The van der Waals surface area contributed by atoms with Crippen LogP contribution in [-0.4, -0.2) is 17.5 Å². The topological polar surface area (TPSA) is 31.2 Å². The fourth-order valence-electron chi connectivity index (χ4n) is 2.42. The molecule has 2 heterocycles. The van der Waals surface area contributed by atoms with E-state index in [1.807, 2.05) is 54.2 Å². The van der Waals surface area contributed by atoms with Crippen molar-refractivity contribution < 1.29 is 9.53 Å². The number of ketones is 1. The summed E-state index contributed by atoms with van der Waals surface area (Å²) < 4.78 is 7.14. The SMILES string of the molecule is COc1cccc(C2=Cn3cc(C)cc3C(=O)C2)c1. The van der Waals surface area contributed by atoms with Crippen LogP contribution in [0.4, 0.5) is 0 Å². The molecule has 0 saturated heterocycles. The van der Waals surface area contributed by atoms with Gasteiger partial charge in [-0.3, -0.25) is 4.79 Å². The summed E-state index contributed by atoms with van der Waals surface area (Å²) in [5.74, 6) is 0.966. The molecule has 0 unspecified atom stereocenters. The first-order chi connectivity index (χ1) is 9.17. The Morgan fingerprint density at radius 1 is 1.26 bits per heavy atom. The van der Waals surface area contributed by atoms with Crippen LogP contribution >= 0.6 is 0 Å². The van der Waals surface area contributed by atoms with Crippen LogP contribution < -0.4 is 4.74 Å². The number of carbonyl (C=O) groups excluding carboxylic acids is 1. The summed E-state index contributed by atoms with van der Waals surface area (Å²) in [6, 6.07) is 9.74. The third-order valence-corrected chi connectivity index (χ3v) is 3.36. The van der Waals surface area contributed by atoms with Crippen LogP contribution in [0.3, 0.4) is 0 Å². The van der Waals surface area contributed by atoms with E-state index in [-0.39, 0.29) is 5.78 Å². The molecule has 1 aliphatic rings. The number of hydrogen-bond donors (Lipinski definition) is 0. The maximum atomic E-state index is 12.1. The lowest BCUT2D eigenvalue weighted by molar-refractivity contribution is 0.0990. The molecule has 19 heavy (non-hydrogen) atoms. The van der Waals surface area contributed by atoms with Crippen LogP contribution in [-0.2, 0) is 0 Å². The van der Waals surface area contributed by atoms with E-state index in [0.29, 0.717) is 6.42 Å². The molecular formula is C16H15NO2. The molecule has 0 amide bonds. The first kappa shape index (κ1) is 11.8. The number of rotatable bonds is 2. The predicted molar refractivity (Wildman–Crippen MR) is 75.3 cm³/mol. The average molecular weight is 253 g/mol. The van der Waals surface area contributed by atoms with Crippen LogP contribution in [0, 0.1) is 6.92 Å². The molecule has 96 valence electrons. The highest BCUT2D eigenvalue weighted by molar-refractivity contribution is 6.06. The van der Waals surface area contributed by atoms with Gasteiger partial charge in [0, 0.05) is 18.8 Å². The number of hydrogen-bond acceptors (Lipinski definition) is 2. The number of ether oxygens (including phenoxy) is 1. The molecule has 0 N–H and O–H groups in total. The van der Waals surface area contributed by atoms with Gasteiger partial charge in [-0.05, 0) is 41.8 Å². The maximum Gasteiger partial charge on any atom is 0.183 e. The third-order valence-electron chi connectivity index (χ3n) is 3.36. The predicted octanol–water partition coefficient (Wildman–Crippen LogP) is 3.39. The molecule has 0 bridgehead atoms. The van der Waals surface area contributed by atoms with E-state index in [0.717, 1.165) is 28.1 Å². The fourth-order valence-corrected chi connectivity index (χ4v) is 2.42. The van der Waals surface area contributed by atoms with E-state index >= 15 is 0 Å². The monoisotopic (exact) mass is 253 g/mol. The first-order valence-corrected chi connectivity index (χ1v) is 6.24. The lowest BCUT2D eigenvalue weighted by Crippen LogP contribution is -2.11. The molecule has 0 radical (unpaired) electrons. The number of fused-ring (bicyclic) bond motifs is 1. The number of nitrogens with zero attached hydrogens (tertiary/aromatic N) is 1. The van der Waals surface area contributed by atoms with Crippen molar-refractivity contribution in [3.05, 3.63) is 53.3 Å². The Balaban J connectivity index is 2.07. The molecule has 2 aromatic rings. The molecule has 1 aromatic carbocycles. The molecular weight excluding hydrogens is 238 g/mol. The molecule has 3 rings (SSSR count). The Kier molecular flexibility index (Phi) is 2.75. The number of Topliss-reactive ketones (excluding diaryl/α,β-unsaturated/α-hetero) is 1. The average Bonchev–Trinajstić information content (AvgIpc) is 2.80. The number of benzene rings is 1. The van der Waals surface area contributed by atoms with Crippen molar-refractivity contribution in [1.29, 1.82) is 0 Å². The van der Waals surface area contributed by atoms with Crippen molar-refractivity contribution >= 4 is 17.6 Å². The van der Waals surface area contributed by atoms with Gasteiger partial charge in [0.25, 0.3) is 0 Å². The van der Waals surface area contributed by atoms with Crippen LogP contribution in [0.15, 0.2) is 36.5 Å². The van der Waals surface area contributed by atoms with Gasteiger partial charge in [-0.15, -0.1) is 0 Å². The number of allylic oxidation sites excluding steroid dienone is 1. The van der Waals surface area contributed by atoms with Crippen molar-refractivity contribution in [1.82, 2.24) is 4.57 Å². The standard InChI is InChI=1S/C16H15NO2/c1-11-6-15-16(18)8-13(10-17(15)9-11)12-4-3-5-14(7-12)19-2/h3-7,9-10H,8H2,1-2H3. The van der Waals surface area contributed by atoms with E-state index in [2.05, 4.69) is 0 Å². The number of methoxy groups -OCH3 is 1.